The number of hydrogen-bond acceptors (Lipinski definition) is 4. The van der Waals surface area contributed by atoms with Gasteiger partial charge in [0.05, 0.1) is 35.1 Å². The highest BCUT2D eigenvalue weighted by Crippen LogP contribution is 2.34. The van der Waals surface area contributed by atoms with Crippen LogP contribution in [0.3, 0.4) is 0 Å². The van der Waals surface area contributed by atoms with Crippen molar-refractivity contribution in [3.05, 3.63) is 106 Å². The molecule has 0 bridgehead atoms. The lowest BCUT2D eigenvalue weighted by Crippen LogP contribution is -2.30. The number of aromatic nitrogens is 2. The van der Waals surface area contributed by atoms with Gasteiger partial charge in [0.25, 0.3) is 11.8 Å². The predicted molar refractivity (Wildman–Crippen MR) is 136 cm³/mol. The molecule has 1 atom stereocenters. The first kappa shape index (κ1) is 22.6. The van der Waals surface area contributed by atoms with Crippen LogP contribution in [0.2, 0.25) is 5.02 Å². The molecule has 3 aromatic carbocycles. The van der Waals surface area contributed by atoms with E-state index in [0.717, 1.165) is 11.1 Å². The molecule has 8 heteroatoms. The predicted octanol–water partition coefficient (Wildman–Crippen LogP) is 4.69. The molecule has 1 aliphatic heterocycles. The molecule has 1 aromatic heterocycles. The maximum absolute atomic E-state index is 13.0. The number of halogens is 1. The third-order valence-electron chi connectivity index (χ3n) is 5.78. The van der Waals surface area contributed by atoms with Gasteiger partial charge in [0.15, 0.2) is 0 Å². The number of benzene rings is 3. The van der Waals surface area contributed by atoms with E-state index in [1.165, 1.54) is 0 Å². The van der Waals surface area contributed by atoms with Gasteiger partial charge < -0.3 is 20.7 Å². The molecule has 0 radical (unpaired) electrons. The fraction of sp³-hybridized carbons (Fsp3) is 0.0741. The van der Waals surface area contributed by atoms with Crippen molar-refractivity contribution in [1.29, 1.82) is 0 Å². The number of fused-ring (bicyclic) bond motifs is 1. The number of hydrogen-bond donors (Lipinski definition) is 4. The van der Waals surface area contributed by atoms with Crippen molar-refractivity contribution in [2.45, 2.75) is 6.04 Å². The average molecular weight is 485 g/mol. The van der Waals surface area contributed by atoms with Crippen LogP contribution in [0, 0.1) is 0 Å². The fourth-order valence-corrected chi connectivity index (χ4v) is 4.21. The second-order valence-electron chi connectivity index (χ2n) is 8.06. The molecule has 4 aromatic rings. The highest BCUT2D eigenvalue weighted by Gasteiger charge is 2.26. The van der Waals surface area contributed by atoms with Crippen molar-refractivity contribution in [1.82, 2.24) is 15.3 Å². The molecule has 2 amide bonds. The van der Waals surface area contributed by atoms with Crippen LogP contribution in [0.1, 0.15) is 33.2 Å². The minimum atomic E-state index is -0.542. The summed E-state index contributed by atoms with van der Waals surface area (Å²) in [6, 6.07) is 21.1. The van der Waals surface area contributed by atoms with Crippen LogP contribution >= 0.6 is 11.6 Å². The summed E-state index contributed by atoms with van der Waals surface area (Å²) in [5, 5.41) is 16.0. The van der Waals surface area contributed by atoms with E-state index in [1.54, 1.807) is 36.5 Å². The zero-order valence-corrected chi connectivity index (χ0v) is 19.2. The van der Waals surface area contributed by atoms with Crippen molar-refractivity contribution >= 4 is 40.8 Å². The molecule has 35 heavy (non-hydrogen) atoms. The molecule has 1 aliphatic rings. The van der Waals surface area contributed by atoms with Crippen LogP contribution in [0.25, 0.3) is 23.0 Å². The molecule has 2 heterocycles. The Kier molecular flexibility index (Phi) is 6.18. The summed E-state index contributed by atoms with van der Waals surface area (Å²) in [6.07, 6.45) is 3.32. The van der Waals surface area contributed by atoms with E-state index in [4.69, 9.17) is 11.6 Å². The second-order valence-corrected chi connectivity index (χ2v) is 8.47. The summed E-state index contributed by atoms with van der Waals surface area (Å²) in [6.45, 7) is -0.237. The zero-order valence-electron chi connectivity index (χ0n) is 18.5. The number of nitrogens with zero attached hydrogens (tertiary/aromatic N) is 1. The first-order valence-electron chi connectivity index (χ1n) is 11.0. The van der Waals surface area contributed by atoms with Gasteiger partial charge in [-0.15, -0.1) is 0 Å². The van der Waals surface area contributed by atoms with E-state index in [0.29, 0.717) is 38.9 Å². The average Bonchev–Trinajstić information content (AvgIpc) is 3.47. The monoisotopic (exact) mass is 484 g/mol. The van der Waals surface area contributed by atoms with E-state index in [2.05, 4.69) is 20.6 Å². The summed E-state index contributed by atoms with van der Waals surface area (Å²) in [4.78, 5) is 33.2. The van der Waals surface area contributed by atoms with Gasteiger partial charge in [-0.3, -0.25) is 9.59 Å². The molecule has 4 N–H and O–H groups in total. The van der Waals surface area contributed by atoms with Gasteiger partial charge >= 0.3 is 0 Å². The summed E-state index contributed by atoms with van der Waals surface area (Å²) in [7, 11) is 0. The lowest BCUT2D eigenvalue weighted by Gasteiger charge is -2.17. The summed E-state index contributed by atoms with van der Waals surface area (Å²) >= 11 is 6.27. The molecule has 0 unspecified atom stereocenters. The largest absolute Gasteiger partial charge is 0.394 e. The smallest absolute Gasteiger partial charge is 0.256 e. The van der Waals surface area contributed by atoms with E-state index in [9.17, 15) is 14.7 Å². The van der Waals surface area contributed by atoms with Crippen LogP contribution in [-0.2, 0) is 4.79 Å². The van der Waals surface area contributed by atoms with Gasteiger partial charge in [-0.25, -0.2) is 4.98 Å². The normalized spacial score (nSPS) is 14.5. The van der Waals surface area contributed by atoms with Crippen molar-refractivity contribution in [3.63, 3.8) is 0 Å². The highest BCUT2D eigenvalue weighted by atomic mass is 35.5. The number of H-pyrrole nitrogens is 1. The molecular weight excluding hydrogens is 464 g/mol. The Balaban J connectivity index is 1.42. The topological polar surface area (TPSA) is 107 Å². The Morgan fingerprint density at radius 3 is 2.60 bits per heavy atom. The van der Waals surface area contributed by atoms with Crippen LogP contribution in [0.5, 0.6) is 0 Å². The van der Waals surface area contributed by atoms with Crippen molar-refractivity contribution < 1.29 is 14.7 Å². The Labute approximate surface area is 206 Å². The third kappa shape index (κ3) is 4.59. The van der Waals surface area contributed by atoms with E-state index >= 15 is 0 Å². The molecule has 0 saturated carbocycles. The minimum Gasteiger partial charge on any atom is -0.394 e. The van der Waals surface area contributed by atoms with Crippen LogP contribution < -0.4 is 10.6 Å². The van der Waals surface area contributed by atoms with Gasteiger partial charge in [0.2, 0.25) is 0 Å². The number of aliphatic hydroxyl groups is 1. The van der Waals surface area contributed by atoms with Crippen LogP contribution in [0.4, 0.5) is 5.69 Å². The Hall–Kier alpha value is -4.20. The van der Waals surface area contributed by atoms with Gasteiger partial charge in [0, 0.05) is 22.4 Å². The number of carbonyl (C=O) groups excluding carboxylic acids is 2. The number of rotatable bonds is 6. The zero-order chi connectivity index (χ0) is 24.4. The van der Waals surface area contributed by atoms with Gasteiger partial charge in [-0.05, 0) is 42.0 Å². The summed E-state index contributed by atoms with van der Waals surface area (Å²) in [5.74, 6) is -0.0360. The number of amides is 2. The number of aliphatic hydroxyl groups excluding tert-OH is 1. The summed E-state index contributed by atoms with van der Waals surface area (Å²) in [5.41, 5.74) is 4.19. The van der Waals surface area contributed by atoms with Crippen LogP contribution in [0.15, 0.2) is 79.0 Å². The SMILES string of the molecule is O=C1Nc2ccc(C(=O)N[C@H](CO)c3ccccc3)cc2/C1=C/c1cnc(-c2ccccc2Cl)[nH]1. The van der Waals surface area contributed by atoms with Gasteiger partial charge in [-0.1, -0.05) is 54.1 Å². The molecule has 0 saturated heterocycles. The number of carbonyl (C=O) groups is 2. The van der Waals surface area contributed by atoms with E-state index < -0.39 is 6.04 Å². The molecule has 5 rings (SSSR count). The Morgan fingerprint density at radius 1 is 1.06 bits per heavy atom. The maximum atomic E-state index is 13.0. The quantitative estimate of drug-likeness (QED) is 0.298. The fourth-order valence-electron chi connectivity index (χ4n) is 3.99. The number of nitrogens with one attached hydrogen (secondary N) is 3. The molecule has 0 aliphatic carbocycles. The summed E-state index contributed by atoms with van der Waals surface area (Å²) < 4.78 is 0. The number of aromatic amines is 1. The van der Waals surface area contributed by atoms with E-state index in [1.807, 2.05) is 48.5 Å². The first-order valence-corrected chi connectivity index (χ1v) is 11.4. The Morgan fingerprint density at radius 2 is 1.83 bits per heavy atom. The van der Waals surface area contributed by atoms with Crippen molar-refractivity contribution in [3.8, 4) is 11.4 Å². The Bertz CT molecular complexity index is 1450. The molecule has 7 nitrogen and oxygen atoms in total. The standard InChI is InChI=1S/C27H21ClN4O3/c28-22-9-5-4-8-19(22)25-29-14-18(30-25)13-21-20-12-17(10-11-23(20)31-27(21)35)26(34)32-24(15-33)16-6-2-1-3-7-16/h1-14,24,33H,15H2,(H,29,30)(H,31,35)(H,32,34)/b21-13-/t24-/m1/s1. The molecule has 0 fully saturated rings. The van der Waals surface area contributed by atoms with Crippen molar-refractivity contribution in [2.24, 2.45) is 0 Å². The molecular formula is C27H21ClN4O3. The molecule has 174 valence electrons. The lowest BCUT2D eigenvalue weighted by atomic mass is 10.0. The first-order chi connectivity index (χ1) is 17.0. The highest BCUT2D eigenvalue weighted by molar-refractivity contribution is 6.35. The van der Waals surface area contributed by atoms with E-state index in [-0.39, 0.29) is 18.4 Å². The number of imidazole rings is 1. The minimum absolute atomic E-state index is 0.237. The lowest BCUT2D eigenvalue weighted by molar-refractivity contribution is -0.110. The maximum Gasteiger partial charge on any atom is 0.256 e. The molecule has 0 spiro atoms. The third-order valence-corrected chi connectivity index (χ3v) is 6.11. The second kappa shape index (κ2) is 9.58. The number of anilines is 1. The van der Waals surface area contributed by atoms with Crippen molar-refractivity contribution in [2.75, 3.05) is 11.9 Å². The van der Waals surface area contributed by atoms with Gasteiger partial charge in [0.1, 0.15) is 5.82 Å². The van der Waals surface area contributed by atoms with Crippen LogP contribution in [-0.4, -0.2) is 33.5 Å². The van der Waals surface area contributed by atoms with Gasteiger partial charge in [-0.2, -0.15) is 0 Å².